The van der Waals surface area contributed by atoms with Crippen molar-refractivity contribution in [1.82, 2.24) is 9.88 Å². The van der Waals surface area contributed by atoms with Gasteiger partial charge >= 0.3 is 0 Å². The van der Waals surface area contributed by atoms with Crippen molar-refractivity contribution in [3.05, 3.63) is 65.4 Å². The number of methoxy groups -OCH3 is 1. The second-order valence-corrected chi connectivity index (χ2v) is 9.46. The lowest BCUT2D eigenvalue weighted by atomic mass is 9.74. The van der Waals surface area contributed by atoms with Gasteiger partial charge in [-0.25, -0.2) is 22.0 Å². The van der Waals surface area contributed by atoms with Gasteiger partial charge in [0.2, 0.25) is 0 Å². The van der Waals surface area contributed by atoms with Crippen LogP contribution in [-0.2, 0) is 0 Å². The topological polar surface area (TPSA) is 54.8 Å². The fourth-order valence-electron chi connectivity index (χ4n) is 4.87. The Morgan fingerprint density at radius 1 is 1.05 bits per heavy atom. The number of halogens is 5. The van der Waals surface area contributed by atoms with Gasteiger partial charge in [0.25, 0.3) is 0 Å². The summed E-state index contributed by atoms with van der Waals surface area (Å²) in [5, 5.41) is 10.5. The first kappa shape index (κ1) is 27.1. The first-order chi connectivity index (χ1) is 17.7. The van der Waals surface area contributed by atoms with E-state index in [0.29, 0.717) is 67.7 Å². The number of benzene rings is 2. The molecule has 1 aromatic heterocycles. The average Bonchev–Trinajstić information content (AvgIpc) is 2.89. The lowest BCUT2D eigenvalue weighted by molar-refractivity contribution is 0.0262. The summed E-state index contributed by atoms with van der Waals surface area (Å²) in [6.07, 6.45) is 0.955. The van der Waals surface area contributed by atoms with Gasteiger partial charge in [0.05, 0.1) is 18.8 Å². The molecule has 1 atom stereocenters. The number of aliphatic hydroxyl groups excluding tert-OH is 1. The third kappa shape index (κ3) is 6.13. The number of likely N-dealkylation sites (tertiary alicyclic amines) is 1. The second-order valence-electron chi connectivity index (χ2n) is 9.46. The monoisotopic (exact) mass is 524 g/mol. The van der Waals surface area contributed by atoms with Crippen LogP contribution in [0.2, 0.25) is 0 Å². The summed E-state index contributed by atoms with van der Waals surface area (Å²) in [6.45, 7) is 1.37. The van der Waals surface area contributed by atoms with Crippen molar-refractivity contribution < 1.29 is 36.5 Å². The number of fused-ring (bicyclic) bond motifs is 1. The third-order valence-corrected chi connectivity index (χ3v) is 7.18. The first-order valence-electron chi connectivity index (χ1n) is 12.1. The molecule has 1 N–H and O–H groups in total. The maximum Gasteiger partial charge on any atom is 0.190 e. The van der Waals surface area contributed by atoms with Crippen molar-refractivity contribution in [1.29, 1.82) is 0 Å². The molecule has 0 aliphatic carbocycles. The fraction of sp³-hybridized carbons (Fsp3) is 0.444. The van der Waals surface area contributed by atoms with Crippen molar-refractivity contribution in [3.63, 3.8) is 0 Å². The number of alkyl halides is 1. The van der Waals surface area contributed by atoms with Crippen molar-refractivity contribution >= 4 is 10.9 Å². The van der Waals surface area contributed by atoms with Crippen molar-refractivity contribution in [2.75, 3.05) is 40.0 Å². The van der Waals surface area contributed by atoms with Crippen LogP contribution in [0.3, 0.4) is 0 Å². The van der Waals surface area contributed by atoms with Gasteiger partial charge in [0.15, 0.2) is 17.4 Å². The standard InChI is InChI=1S/C27H29F5N2O3/c1-36-18-2-3-24-19(14-18)25(23(32)15-33-24)20(29)4-5-27(16-35)6-8-34(9-7-27)10-11-37-26-21(30)12-17(28)13-22(26)31/h2-3,12-15,20,35H,4-11,16H2,1H3/t20-/m0/s1. The van der Waals surface area contributed by atoms with E-state index >= 15 is 4.39 Å². The predicted octanol–water partition coefficient (Wildman–Crippen LogP) is 5.74. The predicted molar refractivity (Wildman–Crippen MR) is 128 cm³/mol. The Hall–Kier alpha value is -2.98. The van der Waals surface area contributed by atoms with Crippen LogP contribution in [-0.4, -0.2) is 54.9 Å². The quantitative estimate of drug-likeness (QED) is 0.343. The Labute approximate surface area is 211 Å². The SMILES string of the molecule is COc1ccc2ncc(F)c([C@@H](F)CCC3(CO)CCN(CCOc4c(F)cc(F)cc4F)CC3)c2c1. The second kappa shape index (κ2) is 11.6. The Balaban J connectivity index is 1.33. The van der Waals surface area contributed by atoms with E-state index in [9.17, 15) is 22.7 Å². The summed E-state index contributed by atoms with van der Waals surface area (Å²) in [4.78, 5) is 6.05. The fourth-order valence-corrected chi connectivity index (χ4v) is 4.87. The molecule has 1 saturated heterocycles. The number of aromatic nitrogens is 1. The summed E-state index contributed by atoms with van der Waals surface area (Å²) in [5.41, 5.74) is -0.118. The highest BCUT2D eigenvalue weighted by atomic mass is 19.2. The van der Waals surface area contributed by atoms with Gasteiger partial charge in [-0.3, -0.25) is 9.88 Å². The minimum atomic E-state index is -1.59. The van der Waals surface area contributed by atoms with E-state index < -0.39 is 40.6 Å². The van der Waals surface area contributed by atoms with E-state index in [-0.39, 0.29) is 25.2 Å². The summed E-state index contributed by atoms with van der Waals surface area (Å²) >= 11 is 0. The molecule has 2 heterocycles. The average molecular weight is 525 g/mol. The molecule has 3 aromatic rings. The zero-order chi connectivity index (χ0) is 26.6. The highest BCUT2D eigenvalue weighted by Gasteiger charge is 2.35. The van der Waals surface area contributed by atoms with Crippen LogP contribution in [0.15, 0.2) is 36.5 Å². The molecular formula is C27H29F5N2O3. The van der Waals surface area contributed by atoms with Crippen LogP contribution in [0.5, 0.6) is 11.5 Å². The zero-order valence-electron chi connectivity index (χ0n) is 20.5. The summed E-state index contributed by atoms with van der Waals surface area (Å²) in [6, 6.07) is 6.02. The van der Waals surface area contributed by atoms with Crippen molar-refractivity contribution in [2.45, 2.75) is 31.9 Å². The molecule has 4 rings (SSSR count). The van der Waals surface area contributed by atoms with Crippen LogP contribution < -0.4 is 9.47 Å². The van der Waals surface area contributed by atoms with Gasteiger partial charge in [0, 0.05) is 36.2 Å². The van der Waals surface area contributed by atoms with Crippen LogP contribution in [0, 0.1) is 28.7 Å². The molecule has 5 nitrogen and oxygen atoms in total. The van der Waals surface area contributed by atoms with Crippen molar-refractivity contribution in [3.8, 4) is 11.5 Å². The van der Waals surface area contributed by atoms with E-state index in [2.05, 4.69) is 4.98 Å². The molecule has 37 heavy (non-hydrogen) atoms. The minimum absolute atomic E-state index is 0.00396. The molecule has 2 aromatic carbocycles. The van der Waals surface area contributed by atoms with Crippen LogP contribution in [0.4, 0.5) is 22.0 Å². The molecule has 1 aliphatic rings. The Bertz CT molecular complexity index is 1210. The highest BCUT2D eigenvalue weighted by Crippen LogP contribution is 2.40. The maximum absolute atomic E-state index is 15.4. The molecule has 0 saturated carbocycles. The highest BCUT2D eigenvalue weighted by molar-refractivity contribution is 5.84. The van der Waals surface area contributed by atoms with E-state index in [0.717, 1.165) is 6.20 Å². The van der Waals surface area contributed by atoms with Crippen LogP contribution >= 0.6 is 0 Å². The number of hydrogen-bond donors (Lipinski definition) is 1. The molecule has 200 valence electrons. The smallest absolute Gasteiger partial charge is 0.190 e. The molecule has 1 aliphatic heterocycles. The third-order valence-electron chi connectivity index (χ3n) is 7.18. The molecule has 1 fully saturated rings. The molecule has 0 bridgehead atoms. The van der Waals surface area contributed by atoms with E-state index in [1.165, 1.54) is 7.11 Å². The molecular weight excluding hydrogens is 495 g/mol. The summed E-state index contributed by atoms with van der Waals surface area (Å²) in [5.74, 6) is -4.10. The van der Waals surface area contributed by atoms with E-state index in [1.807, 2.05) is 4.90 Å². The Morgan fingerprint density at radius 3 is 2.41 bits per heavy atom. The van der Waals surface area contributed by atoms with Crippen molar-refractivity contribution in [2.24, 2.45) is 5.41 Å². The number of hydrogen-bond acceptors (Lipinski definition) is 5. The summed E-state index contributed by atoms with van der Waals surface area (Å²) < 4.78 is 80.9. The van der Waals surface area contributed by atoms with E-state index in [4.69, 9.17) is 9.47 Å². The van der Waals surface area contributed by atoms with Gasteiger partial charge in [-0.1, -0.05) is 0 Å². The lowest BCUT2D eigenvalue weighted by Gasteiger charge is -2.41. The number of rotatable bonds is 10. The molecule has 0 radical (unpaired) electrons. The number of ether oxygens (including phenoxy) is 2. The molecule has 0 amide bonds. The van der Waals surface area contributed by atoms with Crippen LogP contribution in [0.25, 0.3) is 10.9 Å². The van der Waals surface area contributed by atoms with Gasteiger partial charge in [0.1, 0.15) is 30.2 Å². The number of pyridine rings is 1. The zero-order valence-corrected chi connectivity index (χ0v) is 20.5. The van der Waals surface area contributed by atoms with Gasteiger partial charge in [-0.05, 0) is 62.4 Å². The molecule has 0 unspecified atom stereocenters. The number of aliphatic hydroxyl groups is 1. The Kier molecular flexibility index (Phi) is 8.49. The van der Waals surface area contributed by atoms with Crippen LogP contribution in [0.1, 0.15) is 37.4 Å². The maximum atomic E-state index is 15.4. The molecule has 10 heteroatoms. The first-order valence-corrected chi connectivity index (χ1v) is 12.1. The number of nitrogens with zero attached hydrogens (tertiary/aromatic N) is 2. The number of piperidine rings is 1. The van der Waals surface area contributed by atoms with Gasteiger partial charge < -0.3 is 14.6 Å². The van der Waals surface area contributed by atoms with Gasteiger partial charge in [-0.2, -0.15) is 0 Å². The molecule has 0 spiro atoms. The van der Waals surface area contributed by atoms with Gasteiger partial charge in [-0.15, -0.1) is 0 Å². The largest absolute Gasteiger partial charge is 0.497 e. The Morgan fingerprint density at radius 2 is 1.76 bits per heavy atom. The minimum Gasteiger partial charge on any atom is -0.497 e. The van der Waals surface area contributed by atoms with E-state index in [1.54, 1.807) is 18.2 Å². The normalized spacial score (nSPS) is 16.6. The summed E-state index contributed by atoms with van der Waals surface area (Å²) in [7, 11) is 1.48. The lowest BCUT2D eigenvalue weighted by Crippen LogP contribution is -2.43.